The second kappa shape index (κ2) is 7.37. The highest BCUT2D eigenvalue weighted by Crippen LogP contribution is 2.30. The quantitative estimate of drug-likeness (QED) is 0.897. The van der Waals surface area contributed by atoms with Gasteiger partial charge in [0.15, 0.2) is 0 Å². The highest BCUT2D eigenvalue weighted by molar-refractivity contribution is 5.59. The van der Waals surface area contributed by atoms with Gasteiger partial charge in [-0.1, -0.05) is 12.1 Å². The standard InChI is InChI=1S/C19H25N5O2/c1-25-17-5-3-2-4-16(17)23-7-9-24(10-8-23)18-12-15(21-19(20)22-18)14-6-11-26-13-14/h2-5,12,14H,6-11,13H2,1H3,(H2,20,21,22)/t14-/m1/s1. The first-order chi connectivity index (χ1) is 12.7. The Morgan fingerprint density at radius 1 is 1.12 bits per heavy atom. The molecule has 0 amide bonds. The van der Waals surface area contributed by atoms with Crippen LogP contribution in [0.4, 0.5) is 17.5 Å². The maximum Gasteiger partial charge on any atom is 0.222 e. The molecule has 7 nitrogen and oxygen atoms in total. The van der Waals surface area contributed by atoms with Crippen molar-refractivity contribution < 1.29 is 9.47 Å². The maximum absolute atomic E-state index is 5.97. The summed E-state index contributed by atoms with van der Waals surface area (Å²) in [7, 11) is 1.72. The van der Waals surface area contributed by atoms with E-state index in [1.807, 2.05) is 18.2 Å². The van der Waals surface area contributed by atoms with Crippen molar-refractivity contribution in [2.24, 2.45) is 0 Å². The average Bonchev–Trinajstić information content (AvgIpc) is 3.22. The Labute approximate surface area is 153 Å². The van der Waals surface area contributed by atoms with Crippen molar-refractivity contribution in [2.45, 2.75) is 12.3 Å². The summed E-state index contributed by atoms with van der Waals surface area (Å²) in [6.45, 7) is 5.10. The first-order valence-corrected chi connectivity index (χ1v) is 9.09. The largest absolute Gasteiger partial charge is 0.495 e. The summed E-state index contributed by atoms with van der Waals surface area (Å²) in [5.41, 5.74) is 8.11. The van der Waals surface area contributed by atoms with Gasteiger partial charge in [-0.3, -0.25) is 0 Å². The van der Waals surface area contributed by atoms with E-state index in [0.29, 0.717) is 11.9 Å². The molecule has 2 N–H and O–H groups in total. The monoisotopic (exact) mass is 355 g/mol. The van der Waals surface area contributed by atoms with Gasteiger partial charge in [0.05, 0.1) is 25.1 Å². The second-order valence-corrected chi connectivity index (χ2v) is 6.72. The molecule has 2 aliphatic rings. The summed E-state index contributed by atoms with van der Waals surface area (Å²) in [4.78, 5) is 13.5. The number of nitrogen functional groups attached to an aromatic ring is 1. The zero-order valence-electron chi connectivity index (χ0n) is 15.1. The van der Waals surface area contributed by atoms with Crippen LogP contribution in [0.5, 0.6) is 5.75 Å². The fraction of sp³-hybridized carbons (Fsp3) is 0.474. The van der Waals surface area contributed by atoms with Crippen molar-refractivity contribution in [1.82, 2.24) is 9.97 Å². The van der Waals surface area contributed by atoms with Crippen molar-refractivity contribution >= 4 is 17.5 Å². The SMILES string of the molecule is COc1ccccc1N1CCN(c2cc([C@@H]3CCOC3)nc(N)n2)CC1. The van der Waals surface area contributed by atoms with E-state index in [-0.39, 0.29) is 0 Å². The topological polar surface area (TPSA) is 76.7 Å². The van der Waals surface area contributed by atoms with Crippen LogP contribution >= 0.6 is 0 Å². The van der Waals surface area contributed by atoms with Crippen molar-refractivity contribution in [3.8, 4) is 5.75 Å². The fourth-order valence-electron chi connectivity index (χ4n) is 3.68. The number of para-hydroxylation sites is 2. The number of anilines is 3. The maximum atomic E-state index is 5.97. The van der Waals surface area contributed by atoms with Gasteiger partial charge < -0.3 is 25.0 Å². The Morgan fingerprint density at radius 3 is 2.62 bits per heavy atom. The van der Waals surface area contributed by atoms with Crippen LogP contribution in [-0.2, 0) is 4.74 Å². The minimum absolute atomic E-state index is 0.328. The summed E-state index contributed by atoms with van der Waals surface area (Å²) in [6, 6.07) is 10.2. The van der Waals surface area contributed by atoms with Crippen molar-refractivity contribution in [1.29, 1.82) is 0 Å². The Bertz CT molecular complexity index is 755. The van der Waals surface area contributed by atoms with E-state index in [0.717, 1.165) is 68.8 Å². The number of hydrogen-bond acceptors (Lipinski definition) is 7. The molecule has 1 aromatic carbocycles. The van der Waals surface area contributed by atoms with Gasteiger partial charge in [-0.25, -0.2) is 4.98 Å². The molecule has 2 aliphatic heterocycles. The molecule has 2 saturated heterocycles. The van der Waals surface area contributed by atoms with Crippen molar-refractivity contribution in [2.75, 3.05) is 62.0 Å². The Morgan fingerprint density at radius 2 is 1.88 bits per heavy atom. The summed E-state index contributed by atoms with van der Waals surface area (Å²) >= 11 is 0. The predicted molar refractivity (Wildman–Crippen MR) is 102 cm³/mol. The van der Waals surface area contributed by atoms with Crippen molar-refractivity contribution in [3.05, 3.63) is 36.0 Å². The van der Waals surface area contributed by atoms with E-state index in [4.69, 9.17) is 15.2 Å². The molecule has 0 bridgehead atoms. The van der Waals surface area contributed by atoms with E-state index < -0.39 is 0 Å². The molecule has 0 saturated carbocycles. The van der Waals surface area contributed by atoms with Crippen LogP contribution in [0, 0.1) is 0 Å². The number of nitrogens with two attached hydrogens (primary N) is 1. The zero-order valence-corrected chi connectivity index (χ0v) is 15.1. The van der Waals surface area contributed by atoms with Gasteiger partial charge in [-0.2, -0.15) is 4.98 Å². The van der Waals surface area contributed by atoms with E-state index in [2.05, 4.69) is 31.9 Å². The van der Waals surface area contributed by atoms with Gasteiger partial charge in [-0.15, -0.1) is 0 Å². The molecule has 2 fully saturated rings. The molecular weight excluding hydrogens is 330 g/mol. The van der Waals surface area contributed by atoms with E-state index in [1.165, 1.54) is 0 Å². The molecule has 138 valence electrons. The summed E-state index contributed by atoms with van der Waals surface area (Å²) < 4.78 is 11.0. The highest BCUT2D eigenvalue weighted by atomic mass is 16.5. The lowest BCUT2D eigenvalue weighted by Gasteiger charge is -2.37. The lowest BCUT2D eigenvalue weighted by molar-refractivity contribution is 0.193. The lowest BCUT2D eigenvalue weighted by Crippen LogP contribution is -2.47. The lowest BCUT2D eigenvalue weighted by atomic mass is 10.0. The van der Waals surface area contributed by atoms with Crippen LogP contribution in [0.25, 0.3) is 0 Å². The van der Waals surface area contributed by atoms with Crippen molar-refractivity contribution in [3.63, 3.8) is 0 Å². The third-order valence-electron chi connectivity index (χ3n) is 5.13. The third-order valence-corrected chi connectivity index (χ3v) is 5.13. The van der Waals surface area contributed by atoms with Crippen LogP contribution < -0.4 is 20.3 Å². The van der Waals surface area contributed by atoms with E-state index in [9.17, 15) is 0 Å². The summed E-state index contributed by atoms with van der Waals surface area (Å²) in [6.07, 6.45) is 0.997. The van der Waals surface area contributed by atoms with E-state index in [1.54, 1.807) is 7.11 Å². The molecule has 3 heterocycles. The molecule has 1 atom stereocenters. The molecule has 4 rings (SSSR count). The Kier molecular flexibility index (Phi) is 4.79. The molecular formula is C19H25N5O2. The molecule has 7 heteroatoms. The molecule has 26 heavy (non-hydrogen) atoms. The smallest absolute Gasteiger partial charge is 0.222 e. The number of piperazine rings is 1. The molecule has 0 unspecified atom stereocenters. The molecule has 1 aromatic heterocycles. The molecule has 0 spiro atoms. The number of aromatic nitrogens is 2. The number of nitrogens with zero attached hydrogens (tertiary/aromatic N) is 4. The van der Waals surface area contributed by atoms with Crippen LogP contribution in [0.15, 0.2) is 30.3 Å². The molecule has 0 radical (unpaired) electrons. The number of ether oxygens (including phenoxy) is 2. The van der Waals surface area contributed by atoms with Crippen LogP contribution in [-0.4, -0.2) is 56.5 Å². The number of methoxy groups -OCH3 is 1. The molecule has 2 aromatic rings. The predicted octanol–water partition coefficient (Wildman–Crippen LogP) is 1.90. The third kappa shape index (κ3) is 3.39. The minimum atomic E-state index is 0.328. The minimum Gasteiger partial charge on any atom is -0.495 e. The Hall–Kier alpha value is -2.54. The second-order valence-electron chi connectivity index (χ2n) is 6.72. The molecule has 0 aliphatic carbocycles. The van der Waals surface area contributed by atoms with Crippen LogP contribution in [0.3, 0.4) is 0 Å². The van der Waals surface area contributed by atoms with Gasteiger partial charge in [0, 0.05) is 44.8 Å². The fourth-order valence-corrected chi connectivity index (χ4v) is 3.68. The highest BCUT2D eigenvalue weighted by Gasteiger charge is 2.24. The number of benzene rings is 1. The van der Waals surface area contributed by atoms with Crippen LogP contribution in [0.1, 0.15) is 18.0 Å². The first kappa shape index (κ1) is 16.9. The summed E-state index contributed by atoms with van der Waals surface area (Å²) in [5.74, 6) is 2.50. The first-order valence-electron chi connectivity index (χ1n) is 9.09. The Balaban J connectivity index is 1.48. The number of hydrogen-bond donors (Lipinski definition) is 1. The normalized spacial score (nSPS) is 20.4. The van der Waals surface area contributed by atoms with Gasteiger partial charge >= 0.3 is 0 Å². The van der Waals surface area contributed by atoms with Gasteiger partial charge in [-0.05, 0) is 18.6 Å². The average molecular weight is 355 g/mol. The van der Waals surface area contributed by atoms with E-state index >= 15 is 0 Å². The van der Waals surface area contributed by atoms with Gasteiger partial charge in [0.25, 0.3) is 0 Å². The number of rotatable bonds is 4. The van der Waals surface area contributed by atoms with Gasteiger partial charge in [0.1, 0.15) is 11.6 Å². The van der Waals surface area contributed by atoms with Gasteiger partial charge in [0.2, 0.25) is 5.95 Å². The zero-order chi connectivity index (χ0) is 17.9. The summed E-state index contributed by atoms with van der Waals surface area (Å²) in [5, 5.41) is 0. The van der Waals surface area contributed by atoms with Crippen LogP contribution in [0.2, 0.25) is 0 Å².